The molecule has 0 heterocycles. The molecule has 1 aromatic rings. The van der Waals surface area contributed by atoms with Crippen LogP contribution in [0, 0.1) is 19.7 Å². The number of ether oxygens (including phenoxy) is 1. The summed E-state index contributed by atoms with van der Waals surface area (Å²) in [5.41, 5.74) is 2.20. The molecule has 0 saturated carbocycles. The van der Waals surface area contributed by atoms with Crippen molar-refractivity contribution >= 4 is 5.97 Å². The van der Waals surface area contributed by atoms with E-state index >= 15 is 0 Å². The molecule has 0 fully saturated rings. The van der Waals surface area contributed by atoms with Crippen LogP contribution in [-0.4, -0.2) is 19.6 Å². The molecule has 0 amide bonds. The number of halogens is 1. The van der Waals surface area contributed by atoms with E-state index < -0.39 is 0 Å². The molecular formula is C12H16FNO2. The van der Waals surface area contributed by atoms with Crippen molar-refractivity contribution < 1.29 is 13.9 Å². The smallest absolute Gasteiger partial charge is 0.319 e. The number of aryl methyl sites for hydroxylation is 2. The molecule has 4 heteroatoms. The Labute approximate surface area is 94.6 Å². The van der Waals surface area contributed by atoms with Crippen LogP contribution in [0.25, 0.3) is 0 Å². The Morgan fingerprint density at radius 3 is 2.44 bits per heavy atom. The van der Waals surface area contributed by atoms with Gasteiger partial charge in [-0.2, -0.15) is 0 Å². The minimum atomic E-state index is -0.310. The van der Waals surface area contributed by atoms with Gasteiger partial charge in [0.2, 0.25) is 0 Å². The van der Waals surface area contributed by atoms with Crippen molar-refractivity contribution in [2.24, 2.45) is 0 Å². The van der Waals surface area contributed by atoms with Crippen LogP contribution in [0.5, 0.6) is 0 Å². The number of hydrogen-bond donors (Lipinski definition) is 1. The second-order valence-corrected chi connectivity index (χ2v) is 3.72. The number of carbonyl (C=O) groups is 1. The summed E-state index contributed by atoms with van der Waals surface area (Å²) >= 11 is 0. The fourth-order valence-electron chi connectivity index (χ4n) is 1.52. The summed E-state index contributed by atoms with van der Waals surface area (Å²) in [6.45, 7) is 4.14. The normalized spacial score (nSPS) is 10.2. The SMILES string of the molecule is COC(=O)CNCc1cc(C)c(F)c(C)c1. The molecule has 0 radical (unpaired) electrons. The molecular weight excluding hydrogens is 209 g/mol. The largest absolute Gasteiger partial charge is 0.468 e. The second kappa shape index (κ2) is 5.61. The summed E-state index contributed by atoms with van der Waals surface area (Å²) in [5.74, 6) is -0.479. The lowest BCUT2D eigenvalue weighted by Crippen LogP contribution is -2.23. The molecule has 0 aliphatic carbocycles. The number of methoxy groups -OCH3 is 1. The standard InChI is InChI=1S/C12H16FNO2/c1-8-4-10(5-9(2)12(8)13)6-14-7-11(15)16-3/h4-5,14H,6-7H2,1-3H3. The molecule has 88 valence electrons. The molecule has 0 saturated heterocycles. The van der Waals surface area contributed by atoms with Gasteiger partial charge in [0.05, 0.1) is 13.7 Å². The molecule has 3 nitrogen and oxygen atoms in total. The molecule has 0 unspecified atom stereocenters. The average Bonchev–Trinajstić information content (AvgIpc) is 2.25. The van der Waals surface area contributed by atoms with Crippen molar-refractivity contribution in [1.29, 1.82) is 0 Å². The first-order valence-corrected chi connectivity index (χ1v) is 5.07. The zero-order chi connectivity index (χ0) is 12.1. The zero-order valence-corrected chi connectivity index (χ0v) is 9.76. The maximum Gasteiger partial charge on any atom is 0.319 e. The van der Waals surface area contributed by atoms with E-state index in [4.69, 9.17) is 0 Å². The van der Waals surface area contributed by atoms with E-state index in [1.165, 1.54) is 7.11 Å². The summed E-state index contributed by atoms with van der Waals surface area (Å²) in [4.78, 5) is 10.8. The molecule has 0 aliphatic rings. The predicted octanol–water partition coefficient (Wildman–Crippen LogP) is 1.71. The first-order chi connectivity index (χ1) is 7.54. The van der Waals surface area contributed by atoms with Crippen molar-refractivity contribution in [3.05, 3.63) is 34.6 Å². The maximum absolute atomic E-state index is 13.3. The van der Waals surface area contributed by atoms with Crippen molar-refractivity contribution in [3.63, 3.8) is 0 Å². The van der Waals surface area contributed by atoms with E-state index in [2.05, 4.69) is 10.1 Å². The van der Waals surface area contributed by atoms with Crippen LogP contribution in [0.3, 0.4) is 0 Å². The Morgan fingerprint density at radius 1 is 1.38 bits per heavy atom. The highest BCUT2D eigenvalue weighted by atomic mass is 19.1. The van der Waals surface area contributed by atoms with Crippen LogP contribution in [0.1, 0.15) is 16.7 Å². The van der Waals surface area contributed by atoms with Gasteiger partial charge in [0.1, 0.15) is 5.82 Å². The second-order valence-electron chi connectivity index (χ2n) is 3.72. The predicted molar refractivity (Wildman–Crippen MR) is 59.6 cm³/mol. The average molecular weight is 225 g/mol. The molecule has 0 aromatic heterocycles. The van der Waals surface area contributed by atoms with Crippen molar-refractivity contribution in [1.82, 2.24) is 5.32 Å². The molecule has 1 rings (SSSR count). The van der Waals surface area contributed by atoms with Gasteiger partial charge in [0, 0.05) is 6.54 Å². The maximum atomic E-state index is 13.3. The molecule has 0 aliphatic heterocycles. The Bertz CT molecular complexity index is 368. The van der Waals surface area contributed by atoms with E-state index in [1.54, 1.807) is 26.0 Å². The minimum absolute atomic E-state index is 0.159. The van der Waals surface area contributed by atoms with Crippen LogP contribution < -0.4 is 5.32 Å². The first-order valence-electron chi connectivity index (χ1n) is 5.07. The lowest BCUT2D eigenvalue weighted by Gasteiger charge is -2.07. The number of hydrogen-bond acceptors (Lipinski definition) is 3. The number of carbonyl (C=O) groups excluding carboxylic acids is 1. The Kier molecular flexibility index (Phi) is 4.43. The highest BCUT2D eigenvalue weighted by Crippen LogP contribution is 2.14. The van der Waals surface area contributed by atoms with Gasteiger partial charge in [0.25, 0.3) is 0 Å². The van der Waals surface area contributed by atoms with Gasteiger partial charge in [-0.05, 0) is 30.5 Å². The molecule has 1 N–H and O–H groups in total. The van der Waals surface area contributed by atoms with Gasteiger partial charge in [-0.25, -0.2) is 4.39 Å². The van der Waals surface area contributed by atoms with Gasteiger partial charge in [-0.3, -0.25) is 4.79 Å². The minimum Gasteiger partial charge on any atom is -0.468 e. The number of benzene rings is 1. The van der Waals surface area contributed by atoms with Gasteiger partial charge in [0.15, 0.2) is 0 Å². The van der Waals surface area contributed by atoms with Crippen LogP contribution in [0.15, 0.2) is 12.1 Å². The third kappa shape index (κ3) is 3.31. The number of rotatable bonds is 4. The summed E-state index contributed by atoms with van der Waals surface area (Å²) in [7, 11) is 1.34. The van der Waals surface area contributed by atoms with Gasteiger partial charge in [-0.1, -0.05) is 12.1 Å². The highest BCUT2D eigenvalue weighted by Gasteiger charge is 2.05. The van der Waals surface area contributed by atoms with Crippen LogP contribution >= 0.6 is 0 Å². The summed E-state index contributed by atoms with van der Waals surface area (Å²) < 4.78 is 17.8. The fraction of sp³-hybridized carbons (Fsp3) is 0.417. The summed E-state index contributed by atoms with van der Waals surface area (Å²) in [5, 5.41) is 2.93. The third-order valence-electron chi connectivity index (χ3n) is 2.32. The monoisotopic (exact) mass is 225 g/mol. The number of nitrogens with one attached hydrogen (secondary N) is 1. The van der Waals surface area contributed by atoms with Crippen molar-refractivity contribution in [3.8, 4) is 0 Å². The van der Waals surface area contributed by atoms with Crippen LogP contribution in [0.2, 0.25) is 0 Å². The molecule has 1 aromatic carbocycles. The Hall–Kier alpha value is -1.42. The highest BCUT2D eigenvalue weighted by molar-refractivity contribution is 5.71. The van der Waals surface area contributed by atoms with Crippen molar-refractivity contribution in [2.75, 3.05) is 13.7 Å². The Balaban J connectivity index is 2.58. The molecule has 0 spiro atoms. The quantitative estimate of drug-likeness (QED) is 0.793. The van der Waals surface area contributed by atoms with Crippen LogP contribution in [-0.2, 0) is 16.1 Å². The van der Waals surface area contributed by atoms with E-state index in [1.807, 2.05) is 0 Å². The summed E-state index contributed by atoms with van der Waals surface area (Å²) in [6.07, 6.45) is 0. The molecule has 16 heavy (non-hydrogen) atoms. The number of esters is 1. The first kappa shape index (κ1) is 12.6. The van der Waals surface area contributed by atoms with Crippen molar-refractivity contribution in [2.45, 2.75) is 20.4 Å². The molecule has 0 bridgehead atoms. The molecule has 0 atom stereocenters. The zero-order valence-electron chi connectivity index (χ0n) is 9.76. The summed E-state index contributed by atoms with van der Waals surface area (Å²) in [6, 6.07) is 3.54. The van der Waals surface area contributed by atoms with E-state index in [0.717, 1.165) is 5.56 Å². The van der Waals surface area contributed by atoms with Gasteiger partial charge >= 0.3 is 5.97 Å². The van der Waals surface area contributed by atoms with Gasteiger partial charge in [-0.15, -0.1) is 0 Å². The fourth-order valence-corrected chi connectivity index (χ4v) is 1.52. The van der Waals surface area contributed by atoms with E-state index in [-0.39, 0.29) is 18.3 Å². The third-order valence-corrected chi connectivity index (χ3v) is 2.32. The topological polar surface area (TPSA) is 38.3 Å². The lowest BCUT2D eigenvalue weighted by atomic mass is 10.1. The lowest BCUT2D eigenvalue weighted by molar-refractivity contribution is -0.139. The van der Waals surface area contributed by atoms with E-state index in [0.29, 0.717) is 17.7 Å². The Morgan fingerprint density at radius 2 is 1.94 bits per heavy atom. The van der Waals surface area contributed by atoms with Gasteiger partial charge < -0.3 is 10.1 Å². The van der Waals surface area contributed by atoms with E-state index in [9.17, 15) is 9.18 Å². The van der Waals surface area contributed by atoms with Crippen LogP contribution in [0.4, 0.5) is 4.39 Å².